The van der Waals surface area contributed by atoms with Gasteiger partial charge >= 0.3 is 0 Å². The number of hydrogen-bond donors (Lipinski definition) is 6. The average Bonchev–Trinajstić information content (AvgIpc) is 0.894. The lowest BCUT2D eigenvalue weighted by Gasteiger charge is -2.26. The van der Waals surface area contributed by atoms with E-state index in [9.17, 15) is 28.8 Å². The molecule has 14 nitrogen and oxygen atoms in total. The van der Waals surface area contributed by atoms with Gasteiger partial charge in [0, 0.05) is 87.9 Å². The fourth-order valence-corrected chi connectivity index (χ4v) is 15.7. The SMILES string of the molecule is CCCCCCCCCCCNC(=O)C(C)(C)CCCCN(CCCCCCCC(=O)NC(CCCCCCCC)CCCCCCCC)CCNC(=O)CCC(=O)NCCN(CCCCCCCC(=O)NC(CCCCCCCC)CCCCCCCC)CCCCC(C)(C)C(=O)NCCCCCCCCCCC. The lowest BCUT2D eigenvalue weighted by atomic mass is 9.86. The van der Waals surface area contributed by atoms with Gasteiger partial charge in [-0.3, -0.25) is 28.8 Å². The van der Waals surface area contributed by atoms with Gasteiger partial charge in [0.15, 0.2) is 0 Å². The highest BCUT2D eigenvalue weighted by atomic mass is 16.2. The highest BCUT2D eigenvalue weighted by Crippen LogP contribution is 2.26. The molecule has 6 amide bonds. The number of nitrogens with one attached hydrogen (secondary N) is 6. The van der Waals surface area contributed by atoms with Crippen molar-refractivity contribution in [1.29, 1.82) is 0 Å². The number of unbranched alkanes of at least 4 members (excludes halogenated alkanes) is 46. The van der Waals surface area contributed by atoms with Gasteiger partial charge in [0.25, 0.3) is 0 Å². The van der Waals surface area contributed by atoms with Crippen LogP contribution in [0.5, 0.6) is 0 Å². The summed E-state index contributed by atoms with van der Waals surface area (Å²) in [7, 11) is 0. The van der Waals surface area contributed by atoms with Gasteiger partial charge in [-0.25, -0.2) is 0 Å². The van der Waals surface area contributed by atoms with Crippen LogP contribution in [0.25, 0.3) is 0 Å². The lowest BCUT2D eigenvalue weighted by molar-refractivity contribution is -0.130. The first-order valence-corrected chi connectivity index (χ1v) is 48.6. The molecule has 650 valence electrons. The normalized spacial score (nSPS) is 11.9. The van der Waals surface area contributed by atoms with Gasteiger partial charge < -0.3 is 41.7 Å². The first-order chi connectivity index (χ1) is 53.5. The Hall–Kier alpha value is -3.26. The molecule has 0 aromatic carbocycles. The first-order valence-electron chi connectivity index (χ1n) is 48.6. The van der Waals surface area contributed by atoms with E-state index in [-0.39, 0.29) is 48.3 Å². The van der Waals surface area contributed by atoms with E-state index < -0.39 is 10.8 Å². The number of hydrogen-bond acceptors (Lipinski definition) is 8. The van der Waals surface area contributed by atoms with Crippen LogP contribution in [0.1, 0.15) is 493 Å². The van der Waals surface area contributed by atoms with Crippen molar-refractivity contribution in [1.82, 2.24) is 41.7 Å². The van der Waals surface area contributed by atoms with Crippen molar-refractivity contribution < 1.29 is 28.8 Å². The molecule has 6 N–H and O–H groups in total. The molecule has 0 aliphatic rings. The van der Waals surface area contributed by atoms with Gasteiger partial charge in [0.05, 0.1) is 0 Å². The highest BCUT2D eigenvalue weighted by molar-refractivity contribution is 5.84. The second-order valence-electron chi connectivity index (χ2n) is 35.5. The monoisotopic (exact) mass is 1550 g/mol. The Labute approximate surface area is 683 Å². The zero-order chi connectivity index (χ0) is 80.8. The van der Waals surface area contributed by atoms with Crippen molar-refractivity contribution in [3.63, 3.8) is 0 Å². The summed E-state index contributed by atoms with van der Waals surface area (Å²) in [5, 5.41) is 19.7. The van der Waals surface area contributed by atoms with E-state index in [1.807, 2.05) is 0 Å². The summed E-state index contributed by atoms with van der Waals surface area (Å²) in [6, 6.07) is 0.614. The van der Waals surface area contributed by atoms with Crippen LogP contribution >= 0.6 is 0 Å². The lowest BCUT2D eigenvalue weighted by Crippen LogP contribution is -2.38. The topological polar surface area (TPSA) is 181 Å². The molecule has 0 spiro atoms. The second kappa shape index (κ2) is 79.6. The van der Waals surface area contributed by atoms with Crippen LogP contribution in [0.3, 0.4) is 0 Å². The smallest absolute Gasteiger partial charge is 0.225 e. The van der Waals surface area contributed by atoms with Gasteiger partial charge in [0.1, 0.15) is 0 Å². The maximum atomic E-state index is 13.4. The zero-order valence-corrected chi connectivity index (χ0v) is 75.2. The average molecular weight is 1550 g/mol. The number of nitrogens with zero attached hydrogens (tertiary/aromatic N) is 2. The summed E-state index contributed by atoms with van der Waals surface area (Å²) in [4.78, 5) is 85.0. The van der Waals surface area contributed by atoms with Crippen LogP contribution in [0.15, 0.2) is 0 Å². The molecule has 0 saturated heterocycles. The fraction of sp³-hybridized carbons (Fsp3) is 0.938. The van der Waals surface area contributed by atoms with Crippen molar-refractivity contribution in [3.05, 3.63) is 0 Å². The molecule has 0 aliphatic carbocycles. The number of rotatable bonds is 87. The molecule has 14 heteroatoms. The minimum absolute atomic E-state index is 0.103. The van der Waals surface area contributed by atoms with Gasteiger partial charge in [-0.1, -0.05) is 377 Å². The Balaban J connectivity index is 5.62. The Kier molecular flexibility index (Phi) is 77.2. The molecule has 0 aromatic rings. The van der Waals surface area contributed by atoms with E-state index in [2.05, 4.69) is 111 Å². The van der Waals surface area contributed by atoms with Crippen LogP contribution in [0.2, 0.25) is 0 Å². The van der Waals surface area contributed by atoms with Crippen LogP contribution in [0.4, 0.5) is 0 Å². The predicted molar refractivity (Wildman–Crippen MR) is 475 cm³/mol. The summed E-state index contributed by atoms with van der Waals surface area (Å²) in [5.74, 6) is 0.559. The van der Waals surface area contributed by atoms with Gasteiger partial charge in [-0.05, 0) is 116 Å². The molecule has 0 saturated carbocycles. The molecule has 0 rings (SSSR count). The summed E-state index contributed by atoms with van der Waals surface area (Å²) < 4.78 is 0. The van der Waals surface area contributed by atoms with E-state index >= 15 is 0 Å². The number of carbonyl (C=O) groups excluding carboxylic acids is 6. The quantitative estimate of drug-likeness (QED) is 0.0326. The maximum absolute atomic E-state index is 13.4. The van der Waals surface area contributed by atoms with Crippen molar-refractivity contribution in [2.45, 2.75) is 505 Å². The third-order valence-electron chi connectivity index (χ3n) is 23.6. The summed E-state index contributed by atoms with van der Waals surface area (Å²) in [5.41, 5.74) is -0.860. The zero-order valence-electron chi connectivity index (χ0n) is 75.2. The second-order valence-corrected chi connectivity index (χ2v) is 35.5. The molecule has 0 radical (unpaired) electrons. The Bertz CT molecular complexity index is 1900. The third-order valence-corrected chi connectivity index (χ3v) is 23.6. The third kappa shape index (κ3) is 71.3. The molecular formula is C96H190N8O6. The Morgan fingerprint density at radius 1 is 0.227 bits per heavy atom. The summed E-state index contributed by atoms with van der Waals surface area (Å²) in [6.45, 7) is 29.6. The highest BCUT2D eigenvalue weighted by Gasteiger charge is 2.28. The van der Waals surface area contributed by atoms with Crippen molar-refractivity contribution in [2.24, 2.45) is 10.8 Å². The van der Waals surface area contributed by atoms with Gasteiger partial charge in [-0.15, -0.1) is 0 Å². The van der Waals surface area contributed by atoms with Crippen LogP contribution in [0, 0.1) is 10.8 Å². The Morgan fingerprint density at radius 2 is 0.455 bits per heavy atom. The summed E-state index contributed by atoms with van der Waals surface area (Å²) >= 11 is 0. The molecule has 0 aromatic heterocycles. The van der Waals surface area contributed by atoms with Gasteiger partial charge in [0.2, 0.25) is 35.4 Å². The summed E-state index contributed by atoms with van der Waals surface area (Å²) in [6.07, 6.45) is 75.5. The molecule has 110 heavy (non-hydrogen) atoms. The standard InChI is InChI=1S/C96H190N8O6/c1-11-17-23-29-35-37-39-49-61-77-99-93(109)95(7,8)75-59-65-83-103(81-63-51-41-47-57-71-91(107)101-87(67-53-43-31-25-19-13-3)68-54-44-32-26-20-14-4)85-79-97-89(105)73-74-90(106)98-80-86-104(84-66-60-76-96(9,10)94(110)100-78-62-50-40-38-36-30-24-18-12-2)82-64-52-42-48-58-72-92(108)102-88(69-55-45-33-27-21-15-5)70-56-46-34-28-22-16-6/h87-88H,11-86H2,1-10H3,(H,97,105)(H,98,106)(H,99,109)(H,100,110)(H,101,107)(H,102,108). The van der Waals surface area contributed by atoms with Crippen LogP contribution in [-0.4, -0.2) is 123 Å². The molecule has 0 atom stereocenters. The molecule has 0 aliphatic heterocycles. The van der Waals surface area contributed by atoms with E-state index in [1.165, 1.54) is 257 Å². The van der Waals surface area contributed by atoms with E-state index in [1.54, 1.807) is 0 Å². The van der Waals surface area contributed by atoms with Crippen molar-refractivity contribution in [3.8, 4) is 0 Å². The molecule has 0 bridgehead atoms. The number of amides is 6. The molecule has 0 heterocycles. The van der Waals surface area contributed by atoms with Crippen LogP contribution in [-0.2, 0) is 28.8 Å². The van der Waals surface area contributed by atoms with E-state index in [0.29, 0.717) is 38.0 Å². The largest absolute Gasteiger partial charge is 0.356 e. The van der Waals surface area contributed by atoms with Crippen molar-refractivity contribution >= 4 is 35.4 Å². The van der Waals surface area contributed by atoms with Crippen LogP contribution < -0.4 is 31.9 Å². The van der Waals surface area contributed by atoms with E-state index in [0.717, 1.165) is 194 Å². The maximum Gasteiger partial charge on any atom is 0.225 e. The van der Waals surface area contributed by atoms with E-state index in [4.69, 9.17) is 0 Å². The Morgan fingerprint density at radius 3 is 0.727 bits per heavy atom. The fourth-order valence-electron chi connectivity index (χ4n) is 15.7. The molecule has 0 fully saturated rings. The predicted octanol–water partition coefficient (Wildman–Crippen LogP) is 24.9. The van der Waals surface area contributed by atoms with Gasteiger partial charge in [-0.2, -0.15) is 0 Å². The van der Waals surface area contributed by atoms with Crippen molar-refractivity contribution in [2.75, 3.05) is 65.4 Å². The first kappa shape index (κ1) is 107. The molecule has 0 unspecified atom stereocenters. The molecular weight excluding hydrogens is 1360 g/mol. The minimum atomic E-state index is -0.430. The number of carbonyl (C=O) groups is 6. The minimum Gasteiger partial charge on any atom is -0.356 e.